The van der Waals surface area contributed by atoms with Gasteiger partial charge in [-0.3, -0.25) is 0 Å². The van der Waals surface area contributed by atoms with Crippen LogP contribution < -0.4 is 5.32 Å². The van der Waals surface area contributed by atoms with Crippen LogP contribution >= 0.6 is 0 Å². The van der Waals surface area contributed by atoms with Crippen LogP contribution in [0.1, 0.15) is 25.7 Å². The van der Waals surface area contributed by atoms with Crippen LogP contribution in [-0.4, -0.2) is 20.6 Å². The monoisotopic (exact) mass is 246 g/mol. The Morgan fingerprint density at radius 2 is 2.22 bits per heavy atom. The van der Waals surface area contributed by atoms with E-state index in [4.69, 9.17) is 0 Å². The summed E-state index contributed by atoms with van der Waals surface area (Å²) in [7, 11) is 0. The first kappa shape index (κ1) is 10.3. The van der Waals surface area contributed by atoms with E-state index in [1.54, 1.807) is 6.07 Å². The minimum absolute atomic E-state index is 0.293. The van der Waals surface area contributed by atoms with Gasteiger partial charge in [-0.2, -0.15) is 4.98 Å². The van der Waals surface area contributed by atoms with Gasteiger partial charge in [-0.1, -0.05) is 6.42 Å². The summed E-state index contributed by atoms with van der Waals surface area (Å²) < 4.78 is 14.6. The predicted molar refractivity (Wildman–Crippen MR) is 65.8 cm³/mol. The van der Waals surface area contributed by atoms with Crippen molar-refractivity contribution >= 4 is 11.6 Å². The van der Waals surface area contributed by atoms with Gasteiger partial charge in [0.2, 0.25) is 5.95 Å². The molecule has 94 valence electrons. The molecule has 0 aromatic carbocycles. The molecule has 2 aliphatic rings. The molecule has 4 rings (SSSR count). The van der Waals surface area contributed by atoms with Crippen LogP contribution in [0.15, 0.2) is 18.3 Å². The molecule has 2 fully saturated rings. The molecule has 2 aromatic rings. The van der Waals surface area contributed by atoms with Gasteiger partial charge < -0.3 is 5.32 Å². The second kappa shape index (κ2) is 3.67. The fourth-order valence-corrected chi connectivity index (χ4v) is 3.51. The fourth-order valence-electron chi connectivity index (χ4n) is 3.51. The van der Waals surface area contributed by atoms with E-state index in [9.17, 15) is 4.39 Å². The van der Waals surface area contributed by atoms with E-state index in [2.05, 4.69) is 15.4 Å². The van der Waals surface area contributed by atoms with Crippen LogP contribution in [0.25, 0.3) is 5.65 Å². The van der Waals surface area contributed by atoms with Crippen molar-refractivity contribution in [3.63, 3.8) is 0 Å². The van der Waals surface area contributed by atoms with Gasteiger partial charge in [-0.25, -0.2) is 8.91 Å². The molecule has 0 amide bonds. The standard InChI is InChI=1S/C13H15FN4/c14-10-3-4-12-16-13(17-18(12)7-10)15-11-6-8-1-2-9(11)5-8/h3-4,7-9,11H,1-2,5-6H2,(H,15,17). The Morgan fingerprint density at radius 3 is 3.00 bits per heavy atom. The summed E-state index contributed by atoms with van der Waals surface area (Å²) in [5.41, 5.74) is 0.682. The Kier molecular flexibility index (Phi) is 2.10. The molecular formula is C13H15FN4. The molecular weight excluding hydrogens is 231 g/mol. The minimum Gasteiger partial charge on any atom is -0.350 e. The molecule has 0 saturated heterocycles. The number of fused-ring (bicyclic) bond motifs is 3. The molecule has 4 nitrogen and oxygen atoms in total. The van der Waals surface area contributed by atoms with E-state index < -0.39 is 0 Å². The number of hydrogen-bond acceptors (Lipinski definition) is 3. The topological polar surface area (TPSA) is 42.2 Å². The third-order valence-electron chi connectivity index (χ3n) is 4.35. The number of nitrogens with zero attached hydrogens (tertiary/aromatic N) is 3. The van der Waals surface area contributed by atoms with E-state index in [0.717, 1.165) is 11.8 Å². The summed E-state index contributed by atoms with van der Waals surface area (Å²) in [4.78, 5) is 4.37. The highest BCUT2D eigenvalue weighted by molar-refractivity contribution is 5.43. The SMILES string of the molecule is Fc1ccc2nc(NC3CC4CCC3C4)nn2c1. The highest BCUT2D eigenvalue weighted by atomic mass is 19.1. The van der Waals surface area contributed by atoms with Gasteiger partial charge in [0.05, 0.1) is 6.20 Å². The van der Waals surface area contributed by atoms with Crippen LogP contribution in [0.3, 0.4) is 0 Å². The number of nitrogens with one attached hydrogen (secondary N) is 1. The maximum Gasteiger partial charge on any atom is 0.243 e. The Balaban J connectivity index is 1.59. The Morgan fingerprint density at radius 1 is 1.28 bits per heavy atom. The van der Waals surface area contributed by atoms with Crippen molar-refractivity contribution in [3.05, 3.63) is 24.1 Å². The van der Waals surface area contributed by atoms with Crippen molar-refractivity contribution in [1.82, 2.24) is 14.6 Å². The molecule has 5 heteroatoms. The second-order valence-corrected chi connectivity index (χ2v) is 5.51. The third kappa shape index (κ3) is 1.57. The van der Waals surface area contributed by atoms with Crippen LogP contribution in [0, 0.1) is 17.7 Å². The van der Waals surface area contributed by atoms with Crippen LogP contribution in [-0.2, 0) is 0 Å². The molecule has 18 heavy (non-hydrogen) atoms. The molecule has 3 unspecified atom stereocenters. The molecule has 2 aliphatic carbocycles. The Labute approximate surface area is 104 Å². The van der Waals surface area contributed by atoms with E-state index in [-0.39, 0.29) is 5.82 Å². The van der Waals surface area contributed by atoms with Crippen molar-refractivity contribution in [2.75, 3.05) is 5.32 Å². The zero-order chi connectivity index (χ0) is 12.1. The first-order valence-corrected chi connectivity index (χ1v) is 6.56. The number of anilines is 1. The van der Waals surface area contributed by atoms with Gasteiger partial charge in [0.25, 0.3) is 0 Å². The fraction of sp³-hybridized carbons (Fsp3) is 0.538. The van der Waals surface area contributed by atoms with Gasteiger partial charge >= 0.3 is 0 Å². The van der Waals surface area contributed by atoms with E-state index in [0.29, 0.717) is 17.6 Å². The third-order valence-corrected chi connectivity index (χ3v) is 4.35. The molecule has 2 heterocycles. The Hall–Kier alpha value is -1.65. The zero-order valence-electron chi connectivity index (χ0n) is 10.0. The van der Waals surface area contributed by atoms with Gasteiger partial charge in [-0.15, -0.1) is 5.10 Å². The summed E-state index contributed by atoms with van der Waals surface area (Å²) in [6.45, 7) is 0. The molecule has 3 atom stereocenters. The molecule has 0 aliphatic heterocycles. The van der Waals surface area contributed by atoms with Crippen molar-refractivity contribution in [3.8, 4) is 0 Å². The lowest BCUT2D eigenvalue weighted by Crippen LogP contribution is -2.26. The van der Waals surface area contributed by atoms with Crippen molar-refractivity contribution in [1.29, 1.82) is 0 Å². The van der Waals surface area contributed by atoms with Crippen LogP contribution in [0.5, 0.6) is 0 Å². The molecule has 1 N–H and O–H groups in total. The zero-order valence-corrected chi connectivity index (χ0v) is 10.0. The summed E-state index contributed by atoms with van der Waals surface area (Å²) in [6, 6.07) is 3.56. The lowest BCUT2D eigenvalue weighted by molar-refractivity contribution is 0.438. The van der Waals surface area contributed by atoms with Gasteiger partial charge in [0.15, 0.2) is 5.65 Å². The van der Waals surface area contributed by atoms with Gasteiger partial charge in [0.1, 0.15) is 5.82 Å². The number of rotatable bonds is 2. The van der Waals surface area contributed by atoms with Crippen molar-refractivity contribution in [2.45, 2.75) is 31.7 Å². The summed E-state index contributed by atoms with van der Waals surface area (Å²) in [5, 5.41) is 7.69. The lowest BCUT2D eigenvalue weighted by atomic mass is 9.95. The number of aromatic nitrogens is 3. The highest BCUT2D eigenvalue weighted by Crippen LogP contribution is 2.45. The van der Waals surface area contributed by atoms with Crippen molar-refractivity contribution in [2.24, 2.45) is 11.8 Å². The average molecular weight is 246 g/mol. The molecule has 0 spiro atoms. The number of halogens is 1. The largest absolute Gasteiger partial charge is 0.350 e. The van der Waals surface area contributed by atoms with E-state index in [1.165, 1.54) is 42.5 Å². The number of hydrogen-bond donors (Lipinski definition) is 1. The molecule has 0 radical (unpaired) electrons. The van der Waals surface area contributed by atoms with Gasteiger partial charge in [0, 0.05) is 6.04 Å². The van der Waals surface area contributed by atoms with Gasteiger partial charge in [-0.05, 0) is 43.2 Å². The van der Waals surface area contributed by atoms with Crippen molar-refractivity contribution < 1.29 is 4.39 Å². The second-order valence-electron chi connectivity index (χ2n) is 5.51. The van der Waals surface area contributed by atoms with Crippen LogP contribution in [0.4, 0.5) is 10.3 Å². The Bertz CT molecular complexity index is 594. The van der Waals surface area contributed by atoms with E-state index in [1.807, 2.05) is 0 Å². The maximum atomic E-state index is 13.1. The lowest BCUT2D eigenvalue weighted by Gasteiger charge is -2.21. The summed E-state index contributed by atoms with van der Waals surface area (Å²) in [6.07, 6.45) is 6.64. The normalized spacial score (nSPS) is 30.2. The smallest absolute Gasteiger partial charge is 0.243 e. The highest BCUT2D eigenvalue weighted by Gasteiger charge is 2.39. The molecule has 2 saturated carbocycles. The average Bonchev–Trinajstić information content (AvgIpc) is 3.02. The summed E-state index contributed by atoms with van der Waals surface area (Å²) >= 11 is 0. The molecule has 2 bridgehead atoms. The first-order valence-electron chi connectivity index (χ1n) is 6.56. The summed E-state index contributed by atoms with van der Waals surface area (Å²) in [5.74, 6) is 2.00. The van der Waals surface area contributed by atoms with E-state index >= 15 is 0 Å². The predicted octanol–water partition coefficient (Wildman–Crippen LogP) is 2.47. The van der Waals surface area contributed by atoms with Crippen LogP contribution in [0.2, 0.25) is 0 Å². The minimum atomic E-state index is -0.293. The quantitative estimate of drug-likeness (QED) is 0.885. The first-order chi connectivity index (χ1) is 8.78. The number of pyridine rings is 1. The molecule has 2 aromatic heterocycles. The maximum absolute atomic E-state index is 13.1.